The maximum atomic E-state index is 12.0. The summed E-state index contributed by atoms with van der Waals surface area (Å²) < 4.78 is 11.9. The fourth-order valence-corrected chi connectivity index (χ4v) is 4.07. The van der Waals surface area contributed by atoms with Crippen LogP contribution in [0.15, 0.2) is 53.7 Å². The van der Waals surface area contributed by atoms with E-state index in [1.165, 1.54) is 11.1 Å². The number of hydrogen-bond acceptors (Lipinski definition) is 4. The molecule has 0 saturated heterocycles. The lowest BCUT2D eigenvalue weighted by molar-refractivity contribution is -0.115. The van der Waals surface area contributed by atoms with E-state index in [0.29, 0.717) is 6.42 Å². The Morgan fingerprint density at radius 3 is 2.74 bits per heavy atom. The van der Waals surface area contributed by atoms with Gasteiger partial charge in [0.05, 0.1) is 7.11 Å². The molecule has 0 aliphatic heterocycles. The molecular formula is C23H25NO3. The Morgan fingerprint density at radius 2 is 1.93 bits per heavy atom. The van der Waals surface area contributed by atoms with E-state index in [4.69, 9.17) is 9.47 Å². The molecule has 0 spiro atoms. The number of ketones is 1. The SMILES string of the molecule is CCC1=C(Nc2ccc(OC)c(OC3CCc4ccccc43)c2)CCC1=O. The van der Waals surface area contributed by atoms with E-state index in [0.717, 1.165) is 54.1 Å². The Labute approximate surface area is 160 Å². The number of Topliss-reactive ketones (excluding diaryl/α,β-unsaturated/α-hetero) is 1. The summed E-state index contributed by atoms with van der Waals surface area (Å²) in [6.07, 6.45) is 4.20. The molecule has 0 aromatic heterocycles. The molecule has 2 aliphatic carbocycles. The largest absolute Gasteiger partial charge is 0.493 e. The van der Waals surface area contributed by atoms with Crippen molar-refractivity contribution in [3.8, 4) is 11.5 Å². The number of hydrogen-bond donors (Lipinski definition) is 1. The number of rotatable bonds is 6. The number of ether oxygens (including phenoxy) is 2. The van der Waals surface area contributed by atoms with Crippen molar-refractivity contribution in [3.63, 3.8) is 0 Å². The number of benzene rings is 2. The number of methoxy groups -OCH3 is 1. The van der Waals surface area contributed by atoms with Crippen molar-refractivity contribution in [2.75, 3.05) is 12.4 Å². The van der Waals surface area contributed by atoms with Gasteiger partial charge in [-0.05, 0) is 48.9 Å². The number of nitrogens with one attached hydrogen (secondary N) is 1. The van der Waals surface area contributed by atoms with E-state index in [-0.39, 0.29) is 11.9 Å². The van der Waals surface area contributed by atoms with Crippen molar-refractivity contribution >= 4 is 11.5 Å². The molecule has 0 amide bonds. The molecule has 2 aromatic carbocycles. The van der Waals surface area contributed by atoms with Crippen molar-refractivity contribution in [1.29, 1.82) is 0 Å². The summed E-state index contributed by atoms with van der Waals surface area (Å²) in [5.74, 6) is 1.71. The minimum Gasteiger partial charge on any atom is -0.493 e. The lowest BCUT2D eigenvalue weighted by atomic mass is 10.1. The molecule has 4 rings (SSSR count). The third-order valence-corrected chi connectivity index (χ3v) is 5.46. The van der Waals surface area contributed by atoms with Crippen LogP contribution in [0.1, 0.15) is 49.8 Å². The number of anilines is 1. The molecule has 0 radical (unpaired) electrons. The standard InChI is InChI=1S/C23H25NO3/c1-3-17-19(10-11-20(17)25)24-16-9-13-22(26-2)23(14-16)27-21-12-8-15-6-4-5-7-18(15)21/h4-7,9,13-14,21,24H,3,8,10-12H2,1-2H3. The van der Waals surface area contributed by atoms with Crippen LogP contribution in [0.3, 0.4) is 0 Å². The maximum absolute atomic E-state index is 12.0. The molecule has 140 valence electrons. The van der Waals surface area contributed by atoms with Crippen LogP contribution < -0.4 is 14.8 Å². The fourth-order valence-electron chi connectivity index (χ4n) is 4.07. The first kappa shape index (κ1) is 17.7. The van der Waals surface area contributed by atoms with Crippen LogP contribution >= 0.6 is 0 Å². The van der Waals surface area contributed by atoms with Crippen molar-refractivity contribution in [2.24, 2.45) is 0 Å². The lowest BCUT2D eigenvalue weighted by Gasteiger charge is -2.19. The van der Waals surface area contributed by atoms with Crippen LogP contribution in [0.2, 0.25) is 0 Å². The van der Waals surface area contributed by atoms with Gasteiger partial charge in [-0.15, -0.1) is 0 Å². The van der Waals surface area contributed by atoms with Crippen molar-refractivity contribution in [1.82, 2.24) is 0 Å². The Morgan fingerprint density at radius 1 is 1.07 bits per heavy atom. The molecule has 1 atom stereocenters. The summed E-state index contributed by atoms with van der Waals surface area (Å²) >= 11 is 0. The highest BCUT2D eigenvalue weighted by Crippen LogP contribution is 2.39. The maximum Gasteiger partial charge on any atom is 0.164 e. The summed E-state index contributed by atoms with van der Waals surface area (Å²) in [4.78, 5) is 12.0. The second-order valence-electron chi connectivity index (χ2n) is 7.07. The minimum atomic E-state index is 0.0452. The number of carbonyl (C=O) groups excluding carboxylic acids is 1. The van der Waals surface area contributed by atoms with E-state index < -0.39 is 0 Å². The van der Waals surface area contributed by atoms with Crippen LogP contribution in [0, 0.1) is 0 Å². The molecule has 2 aliphatic rings. The topological polar surface area (TPSA) is 47.6 Å². The third kappa shape index (κ3) is 3.44. The summed E-state index contributed by atoms with van der Waals surface area (Å²) in [5.41, 5.74) is 5.49. The first-order valence-electron chi connectivity index (χ1n) is 9.64. The van der Waals surface area contributed by atoms with Crippen LogP contribution in [0.4, 0.5) is 5.69 Å². The predicted octanol–water partition coefficient (Wildman–Crippen LogP) is 5.20. The molecule has 0 fully saturated rings. The van der Waals surface area contributed by atoms with Crippen LogP contribution in [-0.2, 0) is 11.2 Å². The van der Waals surface area contributed by atoms with Gasteiger partial charge in [0.1, 0.15) is 6.10 Å². The molecule has 2 aromatic rings. The average Bonchev–Trinajstić information content (AvgIpc) is 3.25. The van der Waals surface area contributed by atoms with Crippen molar-refractivity contribution in [2.45, 2.75) is 45.1 Å². The number of fused-ring (bicyclic) bond motifs is 1. The van der Waals surface area contributed by atoms with E-state index in [2.05, 4.69) is 29.6 Å². The second-order valence-corrected chi connectivity index (χ2v) is 7.07. The van der Waals surface area contributed by atoms with Gasteiger partial charge in [0, 0.05) is 29.4 Å². The van der Waals surface area contributed by atoms with E-state index in [9.17, 15) is 4.79 Å². The molecule has 1 unspecified atom stereocenters. The monoisotopic (exact) mass is 363 g/mol. The normalized spacial score (nSPS) is 18.6. The molecule has 4 nitrogen and oxygen atoms in total. The van der Waals surface area contributed by atoms with Crippen LogP contribution in [0.5, 0.6) is 11.5 Å². The Balaban J connectivity index is 1.59. The molecule has 1 N–H and O–H groups in total. The zero-order valence-electron chi connectivity index (χ0n) is 15.9. The van der Waals surface area contributed by atoms with Crippen molar-refractivity contribution < 1.29 is 14.3 Å². The molecular weight excluding hydrogens is 338 g/mol. The smallest absolute Gasteiger partial charge is 0.164 e. The van der Waals surface area contributed by atoms with Crippen LogP contribution in [0.25, 0.3) is 0 Å². The van der Waals surface area contributed by atoms with Gasteiger partial charge in [-0.3, -0.25) is 4.79 Å². The molecule has 4 heteroatoms. The molecule has 27 heavy (non-hydrogen) atoms. The molecule has 0 saturated carbocycles. The zero-order chi connectivity index (χ0) is 18.8. The van der Waals surface area contributed by atoms with Gasteiger partial charge >= 0.3 is 0 Å². The average molecular weight is 363 g/mol. The Bertz CT molecular complexity index is 900. The van der Waals surface area contributed by atoms with Crippen molar-refractivity contribution in [3.05, 3.63) is 64.9 Å². The van der Waals surface area contributed by atoms with Gasteiger partial charge in [-0.25, -0.2) is 0 Å². The summed E-state index contributed by atoms with van der Waals surface area (Å²) in [6, 6.07) is 14.3. The quantitative estimate of drug-likeness (QED) is 0.766. The number of aryl methyl sites for hydroxylation is 1. The Kier molecular flexibility index (Phi) is 4.88. The summed E-state index contributed by atoms with van der Waals surface area (Å²) in [6.45, 7) is 2.03. The highest BCUT2D eigenvalue weighted by Gasteiger charge is 2.25. The first-order valence-corrected chi connectivity index (χ1v) is 9.64. The van der Waals surface area contributed by atoms with Gasteiger partial charge in [-0.2, -0.15) is 0 Å². The highest BCUT2D eigenvalue weighted by atomic mass is 16.5. The molecule has 0 heterocycles. The third-order valence-electron chi connectivity index (χ3n) is 5.46. The number of carbonyl (C=O) groups is 1. The van der Waals surface area contributed by atoms with E-state index in [1.54, 1.807) is 7.11 Å². The Hall–Kier alpha value is -2.75. The summed E-state index contributed by atoms with van der Waals surface area (Å²) in [5, 5.41) is 3.43. The zero-order valence-corrected chi connectivity index (χ0v) is 15.9. The van der Waals surface area contributed by atoms with Gasteiger partial charge < -0.3 is 14.8 Å². The minimum absolute atomic E-state index is 0.0452. The number of allylic oxidation sites excluding steroid dienone is 2. The van der Waals surface area contributed by atoms with Gasteiger partial charge in [-0.1, -0.05) is 31.2 Å². The predicted molar refractivity (Wildman–Crippen MR) is 106 cm³/mol. The second kappa shape index (κ2) is 7.47. The van der Waals surface area contributed by atoms with E-state index >= 15 is 0 Å². The van der Waals surface area contributed by atoms with Gasteiger partial charge in [0.25, 0.3) is 0 Å². The summed E-state index contributed by atoms with van der Waals surface area (Å²) in [7, 11) is 1.66. The fraction of sp³-hybridized carbons (Fsp3) is 0.348. The highest BCUT2D eigenvalue weighted by molar-refractivity contribution is 5.99. The van der Waals surface area contributed by atoms with Crippen LogP contribution in [-0.4, -0.2) is 12.9 Å². The van der Waals surface area contributed by atoms with E-state index in [1.807, 2.05) is 25.1 Å². The molecule has 0 bridgehead atoms. The first-order chi connectivity index (χ1) is 13.2. The lowest BCUT2D eigenvalue weighted by Crippen LogP contribution is -2.06. The van der Waals surface area contributed by atoms with Gasteiger partial charge in [0.15, 0.2) is 17.3 Å². The van der Waals surface area contributed by atoms with Gasteiger partial charge in [0.2, 0.25) is 0 Å².